The molecule has 1 unspecified atom stereocenters. The molecule has 1 atom stereocenters. The minimum absolute atomic E-state index is 0. The van der Waals surface area contributed by atoms with Crippen molar-refractivity contribution in [1.82, 2.24) is 10.6 Å². The molecule has 4 nitrogen and oxygen atoms in total. The van der Waals surface area contributed by atoms with E-state index < -0.39 is 6.04 Å². The highest BCUT2D eigenvalue weighted by atomic mass is 16.2. The van der Waals surface area contributed by atoms with Crippen LogP contribution in [0.5, 0.6) is 0 Å². The molecule has 0 aliphatic rings. The summed E-state index contributed by atoms with van der Waals surface area (Å²) in [5.74, 6) is -0.318. The number of nitrogens with one attached hydrogen (secondary N) is 2. The van der Waals surface area contributed by atoms with Gasteiger partial charge in [0.15, 0.2) is 0 Å². The number of amides is 2. The van der Waals surface area contributed by atoms with E-state index >= 15 is 0 Å². The van der Waals surface area contributed by atoms with E-state index in [0.29, 0.717) is 6.42 Å². The molecule has 0 saturated carbocycles. The fourth-order valence-electron chi connectivity index (χ4n) is 1.84. The zero-order chi connectivity index (χ0) is 15.4. The standard InChI is InChI=1S/C14H20N2O2.C2H6.2H2/c1-11(17)16-13(14(18)15-2)10-6-9-12-7-4-3-5-8-12;1-2;;/h3-5,7-8,13H,6,9-10H2,1-2H3,(H,15,18)(H,16,17);1-2H3;2*1H. The van der Waals surface area contributed by atoms with E-state index in [0.717, 1.165) is 12.8 Å². The SMILES string of the molecule is CC.CNC(=O)C(CCCc1ccccc1)NC(C)=O.[HH].[HH]. The van der Waals surface area contributed by atoms with Crippen LogP contribution < -0.4 is 10.6 Å². The summed E-state index contributed by atoms with van der Waals surface area (Å²) in [5.41, 5.74) is 1.25. The summed E-state index contributed by atoms with van der Waals surface area (Å²) < 4.78 is 0. The lowest BCUT2D eigenvalue weighted by Gasteiger charge is -2.16. The lowest BCUT2D eigenvalue weighted by Crippen LogP contribution is -2.44. The summed E-state index contributed by atoms with van der Waals surface area (Å²) in [7, 11) is 1.58. The molecular weight excluding hydrogens is 252 g/mol. The van der Waals surface area contributed by atoms with Gasteiger partial charge in [-0.2, -0.15) is 0 Å². The zero-order valence-electron chi connectivity index (χ0n) is 12.9. The molecule has 1 aromatic rings. The minimum atomic E-state index is -0.434. The molecule has 0 saturated heterocycles. The number of aryl methyl sites for hydroxylation is 1. The summed E-state index contributed by atoms with van der Waals surface area (Å²) in [5, 5.41) is 5.23. The number of benzene rings is 1. The summed E-state index contributed by atoms with van der Waals surface area (Å²) in [6.07, 6.45) is 2.42. The monoisotopic (exact) mass is 282 g/mol. The maximum Gasteiger partial charge on any atom is 0.242 e. The average molecular weight is 282 g/mol. The van der Waals surface area contributed by atoms with E-state index in [-0.39, 0.29) is 14.7 Å². The summed E-state index contributed by atoms with van der Waals surface area (Å²) >= 11 is 0. The van der Waals surface area contributed by atoms with E-state index in [4.69, 9.17) is 0 Å². The third kappa shape index (κ3) is 7.56. The Bertz CT molecular complexity index is 400. The van der Waals surface area contributed by atoms with Crippen LogP contribution in [0.4, 0.5) is 0 Å². The molecule has 0 aliphatic carbocycles. The predicted octanol–water partition coefficient (Wildman–Crippen LogP) is 2.78. The maximum absolute atomic E-state index is 11.6. The number of carbonyl (C=O) groups excluding carboxylic acids is 2. The molecule has 0 bridgehead atoms. The van der Waals surface area contributed by atoms with E-state index in [2.05, 4.69) is 22.8 Å². The molecule has 1 rings (SSSR count). The molecule has 0 aliphatic heterocycles. The van der Waals surface area contributed by atoms with Crippen molar-refractivity contribution in [2.24, 2.45) is 0 Å². The van der Waals surface area contributed by atoms with Gasteiger partial charge >= 0.3 is 0 Å². The van der Waals surface area contributed by atoms with Gasteiger partial charge in [0.05, 0.1) is 0 Å². The predicted molar refractivity (Wildman–Crippen MR) is 86.6 cm³/mol. The second kappa shape index (κ2) is 11.0. The van der Waals surface area contributed by atoms with Crippen molar-refractivity contribution < 1.29 is 12.4 Å². The Morgan fingerprint density at radius 2 is 1.80 bits per heavy atom. The van der Waals surface area contributed by atoms with Crippen molar-refractivity contribution in [3.8, 4) is 0 Å². The molecule has 0 heterocycles. The minimum Gasteiger partial charge on any atom is -0.357 e. The third-order valence-electron chi connectivity index (χ3n) is 2.74. The van der Waals surface area contributed by atoms with Gasteiger partial charge in [-0.05, 0) is 24.8 Å². The van der Waals surface area contributed by atoms with Crippen LogP contribution in [-0.4, -0.2) is 24.9 Å². The first kappa shape index (κ1) is 18.2. The number of hydrogen-bond acceptors (Lipinski definition) is 2. The maximum atomic E-state index is 11.6. The Morgan fingerprint density at radius 3 is 2.30 bits per heavy atom. The van der Waals surface area contributed by atoms with Crippen molar-refractivity contribution in [2.45, 2.75) is 46.1 Å². The van der Waals surface area contributed by atoms with Crippen LogP contribution in [0.15, 0.2) is 30.3 Å². The lowest BCUT2D eigenvalue weighted by atomic mass is 10.0. The fourth-order valence-corrected chi connectivity index (χ4v) is 1.84. The van der Waals surface area contributed by atoms with Crippen LogP contribution in [0.1, 0.15) is 42.0 Å². The molecule has 0 spiro atoms. The topological polar surface area (TPSA) is 58.2 Å². The number of likely N-dealkylation sites (N-methyl/N-ethyl adjacent to an activating group) is 1. The lowest BCUT2D eigenvalue weighted by molar-refractivity contribution is -0.127. The van der Waals surface area contributed by atoms with Crippen LogP contribution in [0.25, 0.3) is 0 Å². The van der Waals surface area contributed by atoms with Crippen LogP contribution in [-0.2, 0) is 16.0 Å². The van der Waals surface area contributed by atoms with Gasteiger partial charge in [-0.3, -0.25) is 9.59 Å². The molecule has 1 aromatic carbocycles. The smallest absolute Gasteiger partial charge is 0.242 e. The first-order valence-corrected chi connectivity index (χ1v) is 7.16. The molecule has 116 valence electrons. The van der Waals surface area contributed by atoms with Crippen molar-refractivity contribution in [2.75, 3.05) is 7.05 Å². The molecule has 4 heteroatoms. The van der Waals surface area contributed by atoms with Crippen molar-refractivity contribution in [1.29, 1.82) is 0 Å². The number of rotatable bonds is 6. The molecule has 2 amide bonds. The third-order valence-corrected chi connectivity index (χ3v) is 2.74. The first-order chi connectivity index (χ1) is 9.63. The largest absolute Gasteiger partial charge is 0.357 e. The van der Waals surface area contributed by atoms with Crippen LogP contribution >= 0.6 is 0 Å². The van der Waals surface area contributed by atoms with Crippen molar-refractivity contribution in [3.63, 3.8) is 0 Å². The van der Waals surface area contributed by atoms with Crippen molar-refractivity contribution in [3.05, 3.63) is 35.9 Å². The zero-order valence-corrected chi connectivity index (χ0v) is 12.9. The first-order valence-electron chi connectivity index (χ1n) is 7.16. The van der Waals surface area contributed by atoms with Crippen LogP contribution in [0.2, 0.25) is 0 Å². The molecule has 0 aromatic heterocycles. The Morgan fingerprint density at radius 1 is 1.20 bits per heavy atom. The van der Waals surface area contributed by atoms with Gasteiger partial charge in [-0.1, -0.05) is 44.2 Å². The Hall–Kier alpha value is -1.84. The normalized spacial score (nSPS) is 10.8. The van der Waals surface area contributed by atoms with Gasteiger partial charge in [0.1, 0.15) is 6.04 Å². The van der Waals surface area contributed by atoms with Gasteiger partial charge in [-0.25, -0.2) is 0 Å². The Balaban J connectivity index is -0.000000864. The van der Waals surface area contributed by atoms with Crippen LogP contribution in [0, 0.1) is 0 Å². The molecule has 0 fully saturated rings. The molecule has 2 N–H and O–H groups in total. The number of carbonyl (C=O) groups is 2. The van der Waals surface area contributed by atoms with Crippen molar-refractivity contribution >= 4 is 11.8 Å². The second-order valence-corrected chi connectivity index (χ2v) is 4.25. The van der Waals surface area contributed by atoms with E-state index in [1.165, 1.54) is 12.5 Å². The molecule has 0 radical (unpaired) electrons. The van der Waals surface area contributed by atoms with E-state index in [9.17, 15) is 9.59 Å². The Labute approximate surface area is 124 Å². The Kier molecular flexibility index (Phi) is 10.0. The quantitative estimate of drug-likeness (QED) is 0.843. The molecule has 20 heavy (non-hydrogen) atoms. The average Bonchev–Trinajstić information content (AvgIpc) is 2.48. The van der Waals surface area contributed by atoms with E-state index in [1.807, 2.05) is 32.0 Å². The van der Waals surface area contributed by atoms with E-state index in [1.54, 1.807) is 7.05 Å². The van der Waals surface area contributed by atoms with Gasteiger partial charge in [0.2, 0.25) is 11.8 Å². The fraction of sp³-hybridized carbons (Fsp3) is 0.500. The van der Waals surface area contributed by atoms with Gasteiger partial charge in [0.25, 0.3) is 0 Å². The summed E-state index contributed by atoms with van der Waals surface area (Å²) in [4.78, 5) is 22.6. The highest BCUT2D eigenvalue weighted by Crippen LogP contribution is 2.06. The van der Waals surface area contributed by atoms with Gasteiger partial charge < -0.3 is 10.6 Å². The summed E-state index contributed by atoms with van der Waals surface area (Å²) in [6, 6.07) is 9.67. The van der Waals surface area contributed by atoms with Gasteiger partial charge in [0, 0.05) is 16.8 Å². The number of hydrogen-bond donors (Lipinski definition) is 2. The highest BCUT2D eigenvalue weighted by Gasteiger charge is 2.17. The molecular formula is C16H30N2O2. The van der Waals surface area contributed by atoms with Gasteiger partial charge in [-0.15, -0.1) is 0 Å². The summed E-state index contributed by atoms with van der Waals surface area (Å²) in [6.45, 7) is 5.42. The van der Waals surface area contributed by atoms with Crippen LogP contribution in [0.3, 0.4) is 0 Å². The second-order valence-electron chi connectivity index (χ2n) is 4.25. The highest BCUT2D eigenvalue weighted by molar-refractivity contribution is 5.86.